The van der Waals surface area contributed by atoms with Crippen molar-refractivity contribution in [1.82, 2.24) is 9.80 Å². The normalized spacial score (nSPS) is 16.7. The molecule has 2 aromatic rings. The fraction of sp³-hybridized carbons (Fsp3) is 0.605. The van der Waals surface area contributed by atoms with Crippen LogP contribution in [0.25, 0.3) is 0 Å². The van der Waals surface area contributed by atoms with Crippen molar-refractivity contribution in [2.75, 3.05) is 33.4 Å². The Bertz CT molecular complexity index is 1350. The monoisotopic (exact) mass is 728 g/mol. The summed E-state index contributed by atoms with van der Waals surface area (Å²) in [5, 5.41) is 0. The van der Waals surface area contributed by atoms with Gasteiger partial charge in [-0.15, -0.1) is 0 Å². The molecule has 13 heteroatoms. The van der Waals surface area contributed by atoms with Crippen molar-refractivity contribution in [2.45, 2.75) is 115 Å². The topological polar surface area (TPSA) is 76.2 Å². The van der Waals surface area contributed by atoms with Crippen molar-refractivity contribution in [1.29, 1.82) is 0 Å². The number of hydrogen-bond donors (Lipinski definition) is 0. The van der Waals surface area contributed by atoms with Crippen molar-refractivity contribution < 1.29 is 50.2 Å². The van der Waals surface area contributed by atoms with E-state index in [-0.39, 0.29) is 51.6 Å². The van der Waals surface area contributed by atoms with E-state index in [4.69, 9.17) is 9.47 Å². The van der Waals surface area contributed by atoms with Gasteiger partial charge in [-0.1, -0.05) is 95.0 Å². The fourth-order valence-electron chi connectivity index (χ4n) is 6.48. The number of benzene rings is 2. The predicted molar refractivity (Wildman–Crippen MR) is 181 cm³/mol. The lowest BCUT2D eigenvalue weighted by Gasteiger charge is -2.43. The van der Waals surface area contributed by atoms with Crippen molar-refractivity contribution in [3.8, 4) is 0 Å². The van der Waals surface area contributed by atoms with Crippen LogP contribution in [-0.2, 0) is 37.8 Å². The standard InChI is InChI=1S/C38H50F6N2O5/c1-3-4-5-6-7-8-9-10-11-15-20-51-35(48)27-45(26-34(47)50-2)32-18-19-46(33(25-32)21-28-16-13-12-14-17-28)36(49)29-22-30(37(39,40)41)24-31(23-29)38(42,43)44/h12-14,16-17,22-24,32-33H,3-11,15,18-21,25-27H2,1-2H3/t32-,33+/m0/s1. The van der Waals surface area contributed by atoms with Crippen LogP contribution in [0.1, 0.15) is 111 Å². The summed E-state index contributed by atoms with van der Waals surface area (Å²) in [6.45, 7) is 1.92. The number of halogens is 6. The Labute approximate surface area is 296 Å². The highest BCUT2D eigenvalue weighted by molar-refractivity contribution is 5.95. The van der Waals surface area contributed by atoms with Crippen LogP contribution in [0.2, 0.25) is 0 Å². The summed E-state index contributed by atoms with van der Waals surface area (Å²) in [5.74, 6) is -2.10. The van der Waals surface area contributed by atoms with Crippen LogP contribution in [-0.4, -0.2) is 73.1 Å². The van der Waals surface area contributed by atoms with Crippen LogP contribution in [0.4, 0.5) is 26.3 Å². The number of amides is 1. The molecular formula is C38H50F6N2O5. The van der Waals surface area contributed by atoms with Crippen LogP contribution in [0.3, 0.4) is 0 Å². The zero-order valence-electron chi connectivity index (χ0n) is 29.5. The average Bonchev–Trinajstić information content (AvgIpc) is 3.09. The number of methoxy groups -OCH3 is 1. The number of nitrogens with zero attached hydrogens (tertiary/aromatic N) is 2. The molecule has 2 aromatic carbocycles. The van der Waals surface area contributed by atoms with Crippen molar-refractivity contribution in [3.63, 3.8) is 0 Å². The third-order valence-electron chi connectivity index (χ3n) is 9.27. The zero-order valence-corrected chi connectivity index (χ0v) is 29.5. The molecule has 3 rings (SSSR count). The Hall–Kier alpha value is -3.61. The summed E-state index contributed by atoms with van der Waals surface area (Å²) in [6, 6.07) is 8.70. The minimum absolute atomic E-state index is 0.00921. The maximum absolute atomic E-state index is 13.7. The van der Waals surface area contributed by atoms with Crippen LogP contribution in [0.5, 0.6) is 0 Å². The molecule has 1 aliphatic heterocycles. The number of likely N-dealkylation sites (tertiary alicyclic amines) is 1. The molecule has 0 aromatic heterocycles. The van der Waals surface area contributed by atoms with Gasteiger partial charge in [0.1, 0.15) is 0 Å². The lowest BCUT2D eigenvalue weighted by atomic mass is 9.90. The third kappa shape index (κ3) is 14.1. The first kappa shape index (κ1) is 41.8. The number of ether oxygens (including phenoxy) is 2. The molecule has 51 heavy (non-hydrogen) atoms. The van der Waals surface area contributed by atoms with Crippen LogP contribution in [0, 0.1) is 0 Å². The quantitative estimate of drug-likeness (QED) is 0.0818. The largest absolute Gasteiger partial charge is 0.468 e. The van der Waals surface area contributed by atoms with Gasteiger partial charge in [-0.25, -0.2) is 0 Å². The smallest absolute Gasteiger partial charge is 0.416 e. The van der Waals surface area contributed by atoms with Gasteiger partial charge in [0, 0.05) is 24.2 Å². The van der Waals surface area contributed by atoms with Gasteiger partial charge in [0.05, 0.1) is 37.9 Å². The van der Waals surface area contributed by atoms with Gasteiger partial charge in [0.15, 0.2) is 0 Å². The van der Waals surface area contributed by atoms with E-state index in [1.807, 2.05) is 0 Å². The Morgan fingerprint density at radius 3 is 1.88 bits per heavy atom. The van der Waals surface area contributed by atoms with E-state index in [9.17, 15) is 40.7 Å². The van der Waals surface area contributed by atoms with Gasteiger partial charge in [-0.3, -0.25) is 19.3 Å². The van der Waals surface area contributed by atoms with E-state index < -0.39 is 59.0 Å². The summed E-state index contributed by atoms with van der Waals surface area (Å²) < 4.78 is 92.0. The lowest BCUT2D eigenvalue weighted by Crippen LogP contribution is -2.54. The molecule has 1 aliphatic rings. The van der Waals surface area contributed by atoms with Gasteiger partial charge in [-0.05, 0) is 49.4 Å². The molecule has 0 radical (unpaired) electrons. The Kier molecular flexibility index (Phi) is 16.8. The first-order chi connectivity index (χ1) is 24.2. The second-order valence-electron chi connectivity index (χ2n) is 13.2. The molecule has 0 aliphatic carbocycles. The summed E-state index contributed by atoms with van der Waals surface area (Å²) in [7, 11) is 1.22. The molecule has 0 bridgehead atoms. The molecule has 0 N–H and O–H groups in total. The number of alkyl halides is 6. The number of unbranched alkanes of at least 4 members (excludes halogenated alkanes) is 9. The maximum Gasteiger partial charge on any atom is 0.416 e. The summed E-state index contributed by atoms with van der Waals surface area (Å²) in [4.78, 5) is 42.0. The number of carbonyl (C=O) groups is 3. The van der Waals surface area contributed by atoms with Crippen LogP contribution in [0.15, 0.2) is 48.5 Å². The second-order valence-corrected chi connectivity index (χ2v) is 13.2. The molecule has 1 heterocycles. The first-order valence-electron chi connectivity index (χ1n) is 17.8. The fourth-order valence-corrected chi connectivity index (χ4v) is 6.48. The number of hydrogen-bond acceptors (Lipinski definition) is 6. The molecule has 0 spiro atoms. The lowest BCUT2D eigenvalue weighted by molar-refractivity contribution is -0.149. The number of esters is 2. The minimum Gasteiger partial charge on any atom is -0.468 e. The average molecular weight is 729 g/mol. The van der Waals surface area contributed by atoms with E-state index in [1.165, 1.54) is 50.5 Å². The number of rotatable bonds is 19. The van der Waals surface area contributed by atoms with Crippen LogP contribution < -0.4 is 0 Å². The molecule has 284 valence electrons. The van der Waals surface area contributed by atoms with E-state index in [2.05, 4.69) is 6.92 Å². The van der Waals surface area contributed by atoms with Gasteiger partial charge in [0.25, 0.3) is 5.91 Å². The maximum atomic E-state index is 13.7. The Morgan fingerprint density at radius 1 is 0.784 bits per heavy atom. The van der Waals surface area contributed by atoms with E-state index in [0.29, 0.717) is 18.6 Å². The summed E-state index contributed by atoms with van der Waals surface area (Å²) in [6.07, 6.45) is 1.69. The third-order valence-corrected chi connectivity index (χ3v) is 9.27. The summed E-state index contributed by atoms with van der Waals surface area (Å²) in [5.41, 5.74) is -3.08. The van der Waals surface area contributed by atoms with E-state index >= 15 is 0 Å². The Morgan fingerprint density at radius 2 is 1.33 bits per heavy atom. The van der Waals surface area contributed by atoms with Gasteiger partial charge in [0.2, 0.25) is 0 Å². The predicted octanol–water partition coefficient (Wildman–Crippen LogP) is 8.88. The molecule has 1 fully saturated rings. The van der Waals surface area contributed by atoms with Gasteiger partial charge in [-0.2, -0.15) is 26.3 Å². The molecule has 2 atom stereocenters. The highest BCUT2D eigenvalue weighted by Crippen LogP contribution is 2.37. The molecule has 0 saturated carbocycles. The van der Waals surface area contributed by atoms with Gasteiger partial charge >= 0.3 is 24.3 Å². The molecule has 1 amide bonds. The molecule has 7 nitrogen and oxygen atoms in total. The van der Waals surface area contributed by atoms with E-state index in [0.717, 1.165) is 24.8 Å². The number of carbonyl (C=O) groups excluding carboxylic acids is 3. The number of piperidine rings is 1. The highest BCUT2D eigenvalue weighted by Gasteiger charge is 2.40. The van der Waals surface area contributed by atoms with Crippen LogP contribution >= 0.6 is 0 Å². The molecular weight excluding hydrogens is 678 g/mol. The zero-order chi connectivity index (χ0) is 37.4. The summed E-state index contributed by atoms with van der Waals surface area (Å²) >= 11 is 0. The van der Waals surface area contributed by atoms with Crippen molar-refractivity contribution >= 4 is 17.8 Å². The van der Waals surface area contributed by atoms with Crippen molar-refractivity contribution in [3.05, 3.63) is 70.8 Å². The minimum atomic E-state index is -5.11. The van der Waals surface area contributed by atoms with E-state index in [1.54, 1.807) is 35.2 Å². The van der Waals surface area contributed by atoms with Crippen molar-refractivity contribution in [2.24, 2.45) is 0 Å². The molecule has 1 saturated heterocycles. The Balaban J connectivity index is 1.71. The highest BCUT2D eigenvalue weighted by atomic mass is 19.4. The molecule has 0 unspecified atom stereocenters. The SMILES string of the molecule is CCCCCCCCCCCCOC(=O)CN(CC(=O)OC)[C@H]1CCN(C(=O)c2cc(C(F)(F)F)cc(C(F)(F)F)c2)[C@H](Cc2ccccc2)C1. The van der Waals surface area contributed by atoms with Gasteiger partial charge < -0.3 is 14.4 Å². The first-order valence-corrected chi connectivity index (χ1v) is 17.8. The second kappa shape index (κ2) is 20.4.